The van der Waals surface area contributed by atoms with E-state index in [-0.39, 0.29) is 11.3 Å². The van der Waals surface area contributed by atoms with Gasteiger partial charge in [0, 0.05) is 10.5 Å². The Balaban J connectivity index is 2.45. The van der Waals surface area contributed by atoms with E-state index in [1.165, 1.54) is 0 Å². The lowest BCUT2D eigenvalue weighted by atomic mass is 9.94. The van der Waals surface area contributed by atoms with Gasteiger partial charge in [-0.05, 0) is 56.5 Å². The summed E-state index contributed by atoms with van der Waals surface area (Å²) in [6.45, 7) is 4.08. The van der Waals surface area contributed by atoms with Crippen molar-refractivity contribution < 1.29 is 8.42 Å². The normalized spacial score (nSPS) is 23.5. The fourth-order valence-corrected chi connectivity index (χ4v) is 5.62. The zero-order valence-corrected chi connectivity index (χ0v) is 14.6. The van der Waals surface area contributed by atoms with E-state index in [2.05, 4.69) is 33.4 Å². The van der Waals surface area contributed by atoms with E-state index in [1.54, 1.807) is 0 Å². The summed E-state index contributed by atoms with van der Waals surface area (Å²) in [6.07, 6.45) is 2.55. The number of halogens is 1. The largest absolute Gasteiger partial charge is 0.312 e. The minimum Gasteiger partial charge on any atom is -0.312 e. The molecule has 1 aliphatic rings. The molecule has 2 atom stereocenters. The van der Waals surface area contributed by atoms with Crippen molar-refractivity contribution in [2.24, 2.45) is 0 Å². The highest BCUT2D eigenvalue weighted by molar-refractivity contribution is 9.10. The highest BCUT2D eigenvalue weighted by Crippen LogP contribution is 2.34. The van der Waals surface area contributed by atoms with Crippen LogP contribution >= 0.6 is 15.9 Å². The van der Waals surface area contributed by atoms with Crippen LogP contribution in [0.2, 0.25) is 0 Å². The maximum Gasteiger partial charge on any atom is 0.155 e. The van der Waals surface area contributed by atoms with Gasteiger partial charge >= 0.3 is 0 Å². The Morgan fingerprint density at radius 2 is 1.95 bits per heavy atom. The molecule has 112 valence electrons. The maximum atomic E-state index is 12.4. The number of rotatable bonds is 3. The molecule has 1 N–H and O–H groups in total. The van der Waals surface area contributed by atoms with E-state index in [0.29, 0.717) is 5.75 Å². The van der Waals surface area contributed by atoms with Crippen LogP contribution in [-0.4, -0.2) is 26.5 Å². The van der Waals surface area contributed by atoms with Gasteiger partial charge in [-0.1, -0.05) is 28.4 Å². The van der Waals surface area contributed by atoms with Gasteiger partial charge in [-0.3, -0.25) is 0 Å². The van der Waals surface area contributed by atoms with Gasteiger partial charge in [0.25, 0.3) is 0 Å². The van der Waals surface area contributed by atoms with Crippen molar-refractivity contribution in [1.29, 1.82) is 0 Å². The highest BCUT2D eigenvalue weighted by Gasteiger charge is 2.36. The summed E-state index contributed by atoms with van der Waals surface area (Å²) >= 11 is 3.53. The van der Waals surface area contributed by atoms with Crippen molar-refractivity contribution in [1.82, 2.24) is 5.32 Å². The Hall–Kier alpha value is -0.390. The number of sulfone groups is 1. The molecule has 0 amide bonds. The number of benzene rings is 1. The minimum atomic E-state index is -3.00. The van der Waals surface area contributed by atoms with Crippen LogP contribution < -0.4 is 5.32 Å². The summed E-state index contributed by atoms with van der Waals surface area (Å²) in [5, 5.41) is 2.93. The summed E-state index contributed by atoms with van der Waals surface area (Å²) in [6, 6.07) is 4.06. The maximum absolute atomic E-state index is 12.4. The van der Waals surface area contributed by atoms with E-state index in [0.717, 1.165) is 40.4 Å². The molecule has 1 aromatic rings. The van der Waals surface area contributed by atoms with Crippen LogP contribution in [0.5, 0.6) is 0 Å². The standard InChI is InChI=1S/C15H22BrNO2S/c1-10-9-13(16)11(2)8-12(10)15(17-3)14-6-4-5-7-20(14,18)19/h8-9,14-15,17H,4-7H2,1-3H3. The topological polar surface area (TPSA) is 46.2 Å². The van der Waals surface area contributed by atoms with Crippen molar-refractivity contribution in [3.63, 3.8) is 0 Å². The summed E-state index contributed by atoms with van der Waals surface area (Å²) in [5.41, 5.74) is 3.37. The third-order valence-electron chi connectivity index (χ3n) is 4.19. The van der Waals surface area contributed by atoms with E-state index in [9.17, 15) is 8.42 Å². The highest BCUT2D eigenvalue weighted by atomic mass is 79.9. The average Bonchev–Trinajstić information content (AvgIpc) is 2.37. The first-order valence-corrected chi connectivity index (χ1v) is 9.53. The third-order valence-corrected chi connectivity index (χ3v) is 7.34. The molecular formula is C15H22BrNO2S. The van der Waals surface area contributed by atoms with Gasteiger partial charge in [0.1, 0.15) is 0 Å². The van der Waals surface area contributed by atoms with Crippen LogP contribution in [0.1, 0.15) is 42.0 Å². The molecule has 1 aromatic carbocycles. The number of hydrogen-bond acceptors (Lipinski definition) is 3. The number of hydrogen-bond donors (Lipinski definition) is 1. The van der Waals surface area contributed by atoms with Gasteiger partial charge in [-0.25, -0.2) is 8.42 Å². The van der Waals surface area contributed by atoms with Crippen LogP contribution in [0.15, 0.2) is 16.6 Å². The first-order valence-electron chi connectivity index (χ1n) is 7.02. The second-order valence-corrected chi connectivity index (χ2v) is 8.82. The van der Waals surface area contributed by atoms with Crippen molar-refractivity contribution in [3.8, 4) is 0 Å². The molecule has 20 heavy (non-hydrogen) atoms. The van der Waals surface area contributed by atoms with Crippen molar-refractivity contribution in [2.45, 2.75) is 44.4 Å². The lowest BCUT2D eigenvalue weighted by molar-refractivity contribution is 0.468. The fourth-order valence-electron chi connectivity index (χ4n) is 3.03. The minimum absolute atomic E-state index is 0.118. The van der Waals surface area contributed by atoms with Crippen LogP contribution in [0.3, 0.4) is 0 Å². The first-order chi connectivity index (χ1) is 9.36. The molecule has 0 saturated carbocycles. The molecule has 0 aromatic heterocycles. The molecular weight excluding hydrogens is 338 g/mol. The van der Waals surface area contributed by atoms with Crippen molar-refractivity contribution >= 4 is 25.8 Å². The predicted molar refractivity (Wildman–Crippen MR) is 86.8 cm³/mol. The zero-order valence-electron chi connectivity index (χ0n) is 12.2. The number of aryl methyl sites for hydroxylation is 2. The summed E-state index contributed by atoms with van der Waals surface area (Å²) in [7, 11) is -1.14. The van der Waals surface area contributed by atoms with Gasteiger partial charge in [0.15, 0.2) is 9.84 Å². The van der Waals surface area contributed by atoms with Gasteiger partial charge < -0.3 is 5.32 Å². The second-order valence-electron chi connectivity index (χ2n) is 5.63. The Morgan fingerprint density at radius 3 is 2.55 bits per heavy atom. The Kier molecular flexibility index (Phi) is 4.92. The first kappa shape index (κ1) is 16.0. The molecule has 1 heterocycles. The monoisotopic (exact) mass is 359 g/mol. The van der Waals surface area contributed by atoms with Crippen LogP contribution in [0.25, 0.3) is 0 Å². The van der Waals surface area contributed by atoms with Crippen molar-refractivity contribution in [3.05, 3.63) is 33.3 Å². The van der Waals surface area contributed by atoms with Gasteiger partial charge in [0.2, 0.25) is 0 Å². The van der Waals surface area contributed by atoms with E-state index in [4.69, 9.17) is 0 Å². The zero-order chi connectivity index (χ0) is 14.9. The van der Waals surface area contributed by atoms with Crippen LogP contribution in [0.4, 0.5) is 0 Å². The second kappa shape index (κ2) is 6.16. The molecule has 0 radical (unpaired) electrons. The molecule has 3 nitrogen and oxygen atoms in total. The van der Waals surface area contributed by atoms with Crippen LogP contribution in [0, 0.1) is 13.8 Å². The number of nitrogens with one attached hydrogen (secondary N) is 1. The summed E-state index contributed by atoms with van der Waals surface area (Å²) in [4.78, 5) is 0. The van der Waals surface area contributed by atoms with E-state index >= 15 is 0 Å². The molecule has 1 saturated heterocycles. The fraction of sp³-hybridized carbons (Fsp3) is 0.600. The summed E-state index contributed by atoms with van der Waals surface area (Å²) < 4.78 is 25.8. The smallest absolute Gasteiger partial charge is 0.155 e. The lowest BCUT2D eigenvalue weighted by Crippen LogP contribution is -2.39. The Labute approximate surface area is 130 Å². The molecule has 2 rings (SSSR count). The van der Waals surface area contributed by atoms with Gasteiger partial charge in [-0.2, -0.15) is 0 Å². The molecule has 0 spiro atoms. The molecule has 5 heteroatoms. The van der Waals surface area contributed by atoms with Gasteiger partial charge in [0.05, 0.1) is 11.0 Å². The Morgan fingerprint density at radius 1 is 1.25 bits per heavy atom. The molecule has 2 unspecified atom stereocenters. The van der Waals surface area contributed by atoms with E-state index in [1.807, 2.05) is 20.9 Å². The molecule has 1 aliphatic heterocycles. The average molecular weight is 360 g/mol. The molecule has 1 fully saturated rings. The predicted octanol–water partition coefficient (Wildman–Crippen LogP) is 3.29. The SMILES string of the molecule is CNC(c1cc(C)c(Br)cc1C)C1CCCCS1(=O)=O. The Bertz CT molecular complexity index is 598. The van der Waals surface area contributed by atoms with Crippen molar-refractivity contribution in [2.75, 3.05) is 12.8 Å². The summed E-state index contributed by atoms with van der Waals surface area (Å²) in [5.74, 6) is 0.324. The van der Waals surface area contributed by atoms with Gasteiger partial charge in [-0.15, -0.1) is 0 Å². The lowest BCUT2D eigenvalue weighted by Gasteiger charge is -2.31. The third kappa shape index (κ3) is 3.10. The van der Waals surface area contributed by atoms with E-state index < -0.39 is 9.84 Å². The molecule has 0 aliphatic carbocycles. The quantitative estimate of drug-likeness (QED) is 0.900. The molecule has 0 bridgehead atoms. The van der Waals surface area contributed by atoms with Crippen LogP contribution in [-0.2, 0) is 9.84 Å².